The highest BCUT2D eigenvalue weighted by Gasteiger charge is 1.92. The van der Waals surface area contributed by atoms with E-state index < -0.39 is 0 Å². The number of hydrogen-bond donors (Lipinski definition) is 0. The number of aryl methyl sites for hydroxylation is 1. The van der Waals surface area contributed by atoms with Gasteiger partial charge in [0, 0.05) is 0 Å². The molecule has 1 aromatic carbocycles. The molecule has 0 aliphatic heterocycles. The summed E-state index contributed by atoms with van der Waals surface area (Å²) in [6.45, 7) is 5.43. The Labute approximate surface area is 88.4 Å². The van der Waals surface area contributed by atoms with Gasteiger partial charge in [-0.15, -0.1) is 0 Å². The molecule has 0 fully saturated rings. The van der Waals surface area contributed by atoms with Crippen LogP contribution >= 0.6 is 0 Å². The molecule has 0 heterocycles. The van der Waals surface area contributed by atoms with E-state index in [0.717, 1.165) is 6.42 Å². The molecular weight excluding hydrogens is 168 g/mol. The largest absolute Gasteiger partial charge is 0.0622 e. The molecule has 0 nitrogen and oxygen atoms in total. The average Bonchev–Trinajstić information content (AvgIpc) is 2.25. The molecule has 14 heavy (non-hydrogen) atoms. The molecule has 0 saturated heterocycles. The summed E-state index contributed by atoms with van der Waals surface area (Å²) in [5.74, 6) is 0. The Bertz CT molecular complexity index is 213. The molecule has 2 radical (unpaired) electrons. The maximum absolute atomic E-state index is 5.43. The van der Waals surface area contributed by atoms with Gasteiger partial charge in [-0.25, -0.2) is 0 Å². The summed E-state index contributed by atoms with van der Waals surface area (Å²) < 4.78 is 0. The molecule has 0 saturated carbocycles. The molecule has 0 N–H and O–H groups in total. The van der Waals surface area contributed by atoms with Crippen LogP contribution in [-0.4, -0.2) is 0 Å². The molecule has 0 unspecified atom stereocenters. The zero-order valence-electron chi connectivity index (χ0n) is 8.91. The first-order valence-electron chi connectivity index (χ1n) is 5.67. The molecule has 0 atom stereocenters. The van der Waals surface area contributed by atoms with Crippen LogP contribution in [0.2, 0.25) is 0 Å². The molecule has 0 amide bonds. The lowest BCUT2D eigenvalue weighted by Crippen LogP contribution is -1.85. The van der Waals surface area contributed by atoms with E-state index in [9.17, 15) is 0 Å². The average molecular weight is 188 g/mol. The van der Waals surface area contributed by atoms with Crippen LogP contribution in [0.4, 0.5) is 0 Å². The van der Waals surface area contributed by atoms with Crippen molar-refractivity contribution in [1.82, 2.24) is 0 Å². The van der Waals surface area contributed by atoms with Crippen LogP contribution in [0.3, 0.4) is 0 Å². The van der Waals surface area contributed by atoms with Gasteiger partial charge in [-0.1, -0.05) is 56.0 Å². The Balaban J connectivity index is 1.99. The highest BCUT2D eigenvalue weighted by atomic mass is 14.0. The van der Waals surface area contributed by atoms with E-state index in [0.29, 0.717) is 0 Å². The highest BCUT2D eigenvalue weighted by Crippen LogP contribution is 2.09. The predicted octanol–water partition coefficient (Wildman–Crippen LogP) is 4.28. The summed E-state index contributed by atoms with van der Waals surface area (Å²) in [5.41, 5.74) is 1.46. The first-order valence-corrected chi connectivity index (χ1v) is 5.67. The number of rotatable bonds is 7. The number of unbranched alkanes of at least 4 members (excludes halogenated alkanes) is 5. The Morgan fingerprint density at radius 1 is 0.786 bits per heavy atom. The van der Waals surface area contributed by atoms with Crippen LogP contribution in [0, 0.1) is 6.92 Å². The molecule has 1 aromatic rings. The minimum atomic E-state index is 0.846. The SMILES string of the molecule is [CH]CCCCCCCc1ccccc1. The van der Waals surface area contributed by atoms with Crippen molar-refractivity contribution in [3.63, 3.8) is 0 Å². The van der Waals surface area contributed by atoms with Gasteiger partial charge < -0.3 is 0 Å². The molecule has 76 valence electrons. The summed E-state index contributed by atoms with van der Waals surface area (Å²) in [7, 11) is 0. The maximum atomic E-state index is 5.43. The van der Waals surface area contributed by atoms with Crippen molar-refractivity contribution in [2.75, 3.05) is 0 Å². The van der Waals surface area contributed by atoms with E-state index in [-0.39, 0.29) is 0 Å². The normalized spacial score (nSPS) is 10.4. The summed E-state index contributed by atoms with van der Waals surface area (Å²) >= 11 is 0. The Morgan fingerprint density at radius 2 is 1.43 bits per heavy atom. The monoisotopic (exact) mass is 188 g/mol. The molecule has 0 spiro atoms. The van der Waals surface area contributed by atoms with E-state index in [1.165, 1.54) is 44.1 Å². The second-order valence-electron chi connectivity index (χ2n) is 3.79. The van der Waals surface area contributed by atoms with Gasteiger partial charge in [0.2, 0.25) is 0 Å². The van der Waals surface area contributed by atoms with Crippen LogP contribution in [-0.2, 0) is 6.42 Å². The fraction of sp³-hybridized carbons (Fsp3) is 0.500. The summed E-state index contributed by atoms with van der Waals surface area (Å²) in [6, 6.07) is 10.7. The second kappa shape index (κ2) is 7.61. The van der Waals surface area contributed by atoms with Gasteiger partial charge in [0.05, 0.1) is 0 Å². The fourth-order valence-corrected chi connectivity index (χ4v) is 1.65. The molecule has 0 aliphatic carbocycles. The highest BCUT2D eigenvalue weighted by molar-refractivity contribution is 5.14. The van der Waals surface area contributed by atoms with E-state index in [1.807, 2.05) is 0 Å². The van der Waals surface area contributed by atoms with Crippen molar-refractivity contribution in [1.29, 1.82) is 0 Å². The van der Waals surface area contributed by atoms with Gasteiger partial charge >= 0.3 is 0 Å². The number of benzene rings is 1. The third-order valence-electron chi connectivity index (χ3n) is 2.51. The van der Waals surface area contributed by atoms with Gasteiger partial charge in [0.25, 0.3) is 0 Å². The van der Waals surface area contributed by atoms with E-state index >= 15 is 0 Å². The molecular formula is C14H20. The molecule has 0 heteroatoms. The second-order valence-corrected chi connectivity index (χ2v) is 3.79. The van der Waals surface area contributed by atoms with Gasteiger partial charge in [-0.3, -0.25) is 0 Å². The molecule has 0 aromatic heterocycles. The van der Waals surface area contributed by atoms with Crippen LogP contribution in [0.15, 0.2) is 30.3 Å². The lowest BCUT2D eigenvalue weighted by atomic mass is 10.1. The van der Waals surface area contributed by atoms with Crippen molar-refractivity contribution in [3.8, 4) is 0 Å². The Hall–Kier alpha value is -0.780. The van der Waals surface area contributed by atoms with Crippen LogP contribution < -0.4 is 0 Å². The van der Waals surface area contributed by atoms with Gasteiger partial charge in [-0.2, -0.15) is 0 Å². The summed E-state index contributed by atoms with van der Waals surface area (Å²) in [4.78, 5) is 0. The number of hydrogen-bond acceptors (Lipinski definition) is 0. The van der Waals surface area contributed by atoms with E-state index in [2.05, 4.69) is 30.3 Å². The van der Waals surface area contributed by atoms with Crippen molar-refractivity contribution in [2.24, 2.45) is 0 Å². The fourth-order valence-electron chi connectivity index (χ4n) is 1.65. The molecule has 1 rings (SSSR count). The topological polar surface area (TPSA) is 0 Å². The Kier molecular flexibility index (Phi) is 6.14. The standard InChI is InChI=1S/C14H20/c1-2-3-4-5-6-8-11-14-12-9-7-10-13-14/h1,7,9-10,12-13H,2-6,8,11H2. The quantitative estimate of drug-likeness (QED) is 0.560. The first-order chi connectivity index (χ1) is 6.93. The first kappa shape index (κ1) is 11.3. The van der Waals surface area contributed by atoms with Crippen molar-refractivity contribution in [2.45, 2.75) is 44.9 Å². The minimum Gasteiger partial charge on any atom is -0.0622 e. The zero-order valence-corrected chi connectivity index (χ0v) is 8.91. The van der Waals surface area contributed by atoms with Crippen molar-refractivity contribution < 1.29 is 0 Å². The molecule has 0 aliphatic rings. The minimum absolute atomic E-state index is 0.846. The van der Waals surface area contributed by atoms with E-state index in [1.54, 1.807) is 0 Å². The van der Waals surface area contributed by atoms with Crippen molar-refractivity contribution >= 4 is 0 Å². The van der Waals surface area contributed by atoms with Crippen LogP contribution in [0.25, 0.3) is 0 Å². The summed E-state index contributed by atoms with van der Waals surface area (Å²) in [5, 5.41) is 0. The van der Waals surface area contributed by atoms with Crippen molar-refractivity contribution in [3.05, 3.63) is 42.8 Å². The smallest absolute Gasteiger partial charge is 0.0279 e. The predicted molar refractivity (Wildman–Crippen MR) is 62.1 cm³/mol. The lowest BCUT2D eigenvalue weighted by Gasteiger charge is -2.01. The van der Waals surface area contributed by atoms with Crippen LogP contribution in [0.1, 0.15) is 44.1 Å². The van der Waals surface area contributed by atoms with E-state index in [4.69, 9.17) is 6.92 Å². The van der Waals surface area contributed by atoms with Crippen LogP contribution in [0.5, 0.6) is 0 Å². The maximum Gasteiger partial charge on any atom is -0.0279 e. The summed E-state index contributed by atoms with van der Waals surface area (Å²) in [6.07, 6.45) is 8.55. The molecule has 0 bridgehead atoms. The zero-order chi connectivity index (χ0) is 10.1. The lowest BCUT2D eigenvalue weighted by molar-refractivity contribution is 0.617. The Morgan fingerprint density at radius 3 is 2.14 bits per heavy atom. The third kappa shape index (κ3) is 5.06. The van der Waals surface area contributed by atoms with Gasteiger partial charge in [0.1, 0.15) is 0 Å². The van der Waals surface area contributed by atoms with Gasteiger partial charge in [-0.05, 0) is 31.7 Å². The third-order valence-corrected chi connectivity index (χ3v) is 2.51. The van der Waals surface area contributed by atoms with Gasteiger partial charge in [0.15, 0.2) is 0 Å².